The number of halogens is 1. The molecule has 4 rings (SSSR count). The summed E-state index contributed by atoms with van der Waals surface area (Å²) in [6.45, 7) is 2.68. The van der Waals surface area contributed by atoms with Crippen LogP contribution in [0.4, 0.5) is 10.9 Å². The van der Waals surface area contributed by atoms with Crippen molar-refractivity contribution in [3.63, 3.8) is 0 Å². The monoisotopic (exact) mass is 429 g/mol. The molecule has 0 aliphatic carbocycles. The number of nitrogens with zero attached hydrogens (tertiary/aromatic N) is 6. The van der Waals surface area contributed by atoms with E-state index in [1.54, 1.807) is 4.68 Å². The molecule has 3 heterocycles. The first-order valence-corrected chi connectivity index (χ1v) is 9.58. The third kappa shape index (κ3) is 3.40. The zero-order valence-corrected chi connectivity index (χ0v) is 16.6. The van der Waals surface area contributed by atoms with E-state index in [2.05, 4.69) is 53.8 Å². The summed E-state index contributed by atoms with van der Waals surface area (Å²) in [5.74, 6) is 0.740. The van der Waals surface area contributed by atoms with Crippen molar-refractivity contribution < 1.29 is 0 Å². The molecule has 0 fully saturated rings. The van der Waals surface area contributed by atoms with Crippen molar-refractivity contribution in [1.82, 2.24) is 29.8 Å². The molecule has 0 saturated carbocycles. The van der Waals surface area contributed by atoms with Crippen LogP contribution in [-0.2, 0) is 13.6 Å². The second kappa shape index (κ2) is 7.00. The van der Waals surface area contributed by atoms with E-state index in [1.807, 2.05) is 49.1 Å². The third-order valence-electron chi connectivity index (χ3n) is 3.84. The SMILES string of the molecule is Cc1nn(C)c(-c2nnc(Nc3ccn(Cc4ccccc4)n3)s2)c1Br. The number of anilines is 2. The van der Waals surface area contributed by atoms with Gasteiger partial charge in [-0.2, -0.15) is 10.2 Å². The Bertz CT molecular complexity index is 1030. The van der Waals surface area contributed by atoms with E-state index in [4.69, 9.17) is 0 Å². The lowest BCUT2D eigenvalue weighted by Gasteiger charge is -2.01. The van der Waals surface area contributed by atoms with Crippen LogP contribution in [0.3, 0.4) is 0 Å². The third-order valence-corrected chi connectivity index (χ3v) is 5.63. The Balaban J connectivity index is 1.50. The molecule has 0 saturated heterocycles. The largest absolute Gasteiger partial charge is 0.313 e. The molecule has 0 aliphatic rings. The fourth-order valence-corrected chi connectivity index (χ4v) is 4.12. The van der Waals surface area contributed by atoms with Crippen LogP contribution in [0.25, 0.3) is 10.7 Å². The quantitative estimate of drug-likeness (QED) is 0.518. The summed E-state index contributed by atoms with van der Waals surface area (Å²) in [6.07, 6.45) is 1.94. The van der Waals surface area contributed by atoms with Crippen molar-refractivity contribution in [2.75, 3.05) is 5.32 Å². The van der Waals surface area contributed by atoms with Gasteiger partial charge in [-0.3, -0.25) is 9.36 Å². The first-order valence-electron chi connectivity index (χ1n) is 7.97. The summed E-state index contributed by atoms with van der Waals surface area (Å²) < 4.78 is 4.63. The van der Waals surface area contributed by atoms with E-state index >= 15 is 0 Å². The molecule has 9 heteroatoms. The molecular formula is C17H16BrN7S. The minimum absolute atomic E-state index is 0.690. The molecule has 0 unspecified atom stereocenters. The first kappa shape index (κ1) is 16.9. The molecule has 4 aromatic rings. The van der Waals surface area contributed by atoms with Crippen LogP contribution in [0.5, 0.6) is 0 Å². The Morgan fingerprint density at radius 2 is 1.92 bits per heavy atom. The molecule has 7 nitrogen and oxygen atoms in total. The summed E-state index contributed by atoms with van der Waals surface area (Å²) in [7, 11) is 1.90. The van der Waals surface area contributed by atoms with Crippen molar-refractivity contribution in [2.24, 2.45) is 7.05 Å². The Morgan fingerprint density at radius 1 is 1.12 bits per heavy atom. The lowest BCUT2D eigenvalue weighted by Crippen LogP contribution is -2.01. The van der Waals surface area contributed by atoms with Gasteiger partial charge in [0.05, 0.1) is 16.7 Å². The molecule has 0 aliphatic heterocycles. The maximum Gasteiger partial charge on any atom is 0.211 e. The predicted octanol–water partition coefficient (Wildman–Crippen LogP) is 4.00. The van der Waals surface area contributed by atoms with Gasteiger partial charge in [-0.1, -0.05) is 41.7 Å². The number of aryl methyl sites for hydroxylation is 2. The highest BCUT2D eigenvalue weighted by molar-refractivity contribution is 9.10. The van der Waals surface area contributed by atoms with Crippen LogP contribution in [0.1, 0.15) is 11.3 Å². The molecule has 0 atom stereocenters. The van der Waals surface area contributed by atoms with Gasteiger partial charge < -0.3 is 5.32 Å². The molecule has 0 bridgehead atoms. The number of hydrogen-bond acceptors (Lipinski definition) is 6. The fourth-order valence-electron chi connectivity index (χ4n) is 2.63. The van der Waals surface area contributed by atoms with Gasteiger partial charge in [0.2, 0.25) is 5.13 Å². The highest BCUT2D eigenvalue weighted by Crippen LogP contribution is 2.34. The number of rotatable bonds is 5. The van der Waals surface area contributed by atoms with E-state index in [9.17, 15) is 0 Å². The molecule has 0 amide bonds. The summed E-state index contributed by atoms with van der Waals surface area (Å²) in [6, 6.07) is 12.2. The number of benzene rings is 1. The van der Waals surface area contributed by atoms with Crippen molar-refractivity contribution in [2.45, 2.75) is 13.5 Å². The van der Waals surface area contributed by atoms with Gasteiger partial charge in [-0.05, 0) is 28.4 Å². The molecule has 0 spiro atoms. The second-order valence-electron chi connectivity index (χ2n) is 5.79. The molecule has 1 N–H and O–H groups in total. The standard InChI is InChI=1S/C17H16BrN7S/c1-11-14(18)15(24(2)22-11)16-20-21-17(26-16)19-13-8-9-25(23-13)10-12-6-4-3-5-7-12/h3-9H,10H2,1-2H3,(H,19,21,23). The van der Waals surface area contributed by atoms with Gasteiger partial charge in [-0.15, -0.1) is 10.2 Å². The van der Waals surface area contributed by atoms with Crippen LogP contribution in [0.15, 0.2) is 47.1 Å². The second-order valence-corrected chi connectivity index (χ2v) is 7.56. The zero-order chi connectivity index (χ0) is 18.1. The van der Waals surface area contributed by atoms with Gasteiger partial charge in [-0.25, -0.2) is 0 Å². The van der Waals surface area contributed by atoms with Crippen molar-refractivity contribution in [3.05, 3.63) is 58.3 Å². The van der Waals surface area contributed by atoms with E-state index in [0.717, 1.165) is 33.2 Å². The molecule has 132 valence electrons. The fraction of sp³-hybridized carbons (Fsp3) is 0.176. The Morgan fingerprint density at radius 3 is 2.65 bits per heavy atom. The van der Waals surface area contributed by atoms with E-state index < -0.39 is 0 Å². The minimum atomic E-state index is 0.690. The van der Waals surface area contributed by atoms with Crippen molar-refractivity contribution >= 4 is 38.2 Å². The van der Waals surface area contributed by atoms with Crippen LogP contribution >= 0.6 is 27.3 Å². The Kier molecular flexibility index (Phi) is 4.56. The first-order chi connectivity index (χ1) is 12.6. The van der Waals surface area contributed by atoms with E-state index in [1.165, 1.54) is 16.9 Å². The van der Waals surface area contributed by atoms with E-state index in [-0.39, 0.29) is 0 Å². The number of hydrogen-bond donors (Lipinski definition) is 1. The van der Waals surface area contributed by atoms with E-state index in [0.29, 0.717) is 5.13 Å². The van der Waals surface area contributed by atoms with Crippen molar-refractivity contribution in [1.29, 1.82) is 0 Å². The summed E-state index contributed by atoms with van der Waals surface area (Å²) in [5.41, 5.74) is 3.05. The van der Waals surface area contributed by atoms with Crippen LogP contribution in [0, 0.1) is 6.92 Å². The van der Waals surface area contributed by atoms with Crippen molar-refractivity contribution in [3.8, 4) is 10.7 Å². The average molecular weight is 430 g/mol. The summed E-state index contributed by atoms with van der Waals surface area (Å²) >= 11 is 5.03. The van der Waals surface area contributed by atoms with Crippen LogP contribution in [0.2, 0.25) is 0 Å². The Hall–Kier alpha value is -2.52. The van der Waals surface area contributed by atoms with Gasteiger partial charge >= 0.3 is 0 Å². The zero-order valence-electron chi connectivity index (χ0n) is 14.2. The molecule has 1 aromatic carbocycles. The van der Waals surface area contributed by atoms with Gasteiger partial charge in [0.1, 0.15) is 5.69 Å². The lowest BCUT2D eigenvalue weighted by atomic mass is 10.2. The summed E-state index contributed by atoms with van der Waals surface area (Å²) in [5, 5.41) is 22.1. The number of aromatic nitrogens is 6. The summed E-state index contributed by atoms with van der Waals surface area (Å²) in [4.78, 5) is 0. The highest BCUT2D eigenvalue weighted by Gasteiger charge is 2.17. The van der Waals surface area contributed by atoms with Crippen LogP contribution in [-0.4, -0.2) is 29.8 Å². The molecule has 3 aromatic heterocycles. The number of nitrogens with one attached hydrogen (secondary N) is 1. The molecule has 26 heavy (non-hydrogen) atoms. The van der Waals surface area contributed by atoms with Crippen LogP contribution < -0.4 is 5.32 Å². The smallest absolute Gasteiger partial charge is 0.211 e. The molecular weight excluding hydrogens is 414 g/mol. The van der Waals surface area contributed by atoms with Gasteiger partial charge in [0.15, 0.2) is 10.8 Å². The normalized spacial score (nSPS) is 11.0. The van der Waals surface area contributed by atoms with Gasteiger partial charge in [0.25, 0.3) is 0 Å². The maximum atomic E-state index is 4.54. The predicted molar refractivity (Wildman–Crippen MR) is 106 cm³/mol. The average Bonchev–Trinajstić information content (AvgIpc) is 3.31. The topological polar surface area (TPSA) is 73.5 Å². The van der Waals surface area contributed by atoms with Gasteiger partial charge in [0, 0.05) is 19.3 Å². The minimum Gasteiger partial charge on any atom is -0.313 e. The highest BCUT2D eigenvalue weighted by atomic mass is 79.9. The molecule has 0 radical (unpaired) electrons. The Labute approximate surface area is 162 Å². The lowest BCUT2D eigenvalue weighted by molar-refractivity contribution is 0.689. The maximum absolute atomic E-state index is 4.54.